The van der Waals surface area contributed by atoms with Crippen LogP contribution in [0.25, 0.3) is 0 Å². The number of aliphatic hydroxyl groups is 2. The lowest BCUT2D eigenvalue weighted by Crippen LogP contribution is -2.71. The topological polar surface area (TPSA) is 204 Å². The molecule has 0 aliphatic rings. The zero-order valence-corrected chi connectivity index (χ0v) is 16.7. The van der Waals surface area contributed by atoms with Crippen molar-refractivity contribution in [3.8, 4) is 0 Å². The predicted molar refractivity (Wildman–Crippen MR) is 104 cm³/mol. The third kappa shape index (κ3) is 5.58. The Morgan fingerprint density at radius 1 is 0.677 bits per heavy atom. The molecule has 166 valence electrons. The molecule has 0 saturated heterocycles. The molecule has 0 aromatic heterocycles. The van der Waals surface area contributed by atoms with Crippen LogP contribution >= 0.6 is 0 Å². The fourth-order valence-electron chi connectivity index (χ4n) is 2.43. The van der Waals surface area contributed by atoms with Crippen LogP contribution in [0.3, 0.4) is 0 Å². The van der Waals surface area contributed by atoms with Gasteiger partial charge in [0, 0.05) is 11.1 Å². The maximum atomic E-state index is 12.6. The molecule has 2 rings (SSSR count). The Labute approximate surface area is 176 Å². The van der Waals surface area contributed by atoms with Gasteiger partial charge in [0.15, 0.2) is 0 Å². The van der Waals surface area contributed by atoms with Crippen molar-refractivity contribution in [1.82, 2.24) is 0 Å². The molecule has 0 fully saturated rings. The first-order valence-electron chi connectivity index (χ1n) is 8.21. The number of carbonyl (C=O) groups is 4. The number of carboxylic acid groups (broad SMARTS) is 2. The highest BCUT2D eigenvalue weighted by atomic mass is 32.2. The molecule has 0 spiro atoms. The van der Waals surface area contributed by atoms with Crippen molar-refractivity contribution in [3.05, 3.63) is 71.8 Å². The lowest BCUT2D eigenvalue weighted by Gasteiger charge is -2.34. The summed E-state index contributed by atoms with van der Waals surface area (Å²) in [6, 6.07) is 12.8. The lowest BCUT2D eigenvalue weighted by molar-refractivity contribution is -0.187. The van der Waals surface area contributed by atoms with Crippen LogP contribution in [-0.4, -0.2) is 74.4 Å². The first-order valence-corrected chi connectivity index (χ1v) is 10.1. The van der Waals surface area contributed by atoms with Gasteiger partial charge >= 0.3 is 11.9 Å². The molecule has 0 aliphatic carbocycles. The lowest BCUT2D eigenvalue weighted by atomic mass is 9.73. The van der Waals surface area contributed by atoms with Crippen molar-refractivity contribution < 1.29 is 52.6 Å². The van der Waals surface area contributed by atoms with Crippen molar-refractivity contribution >= 4 is 33.6 Å². The average Bonchev–Trinajstić information content (AvgIpc) is 2.71. The van der Waals surface area contributed by atoms with Crippen LogP contribution in [0.4, 0.5) is 0 Å². The number of carboxylic acids is 2. The molecule has 0 bridgehead atoms. The van der Waals surface area contributed by atoms with E-state index in [1.54, 1.807) is 0 Å². The van der Waals surface area contributed by atoms with E-state index in [-0.39, 0.29) is 0 Å². The highest BCUT2D eigenvalue weighted by Gasteiger charge is 2.69. The van der Waals surface area contributed by atoms with E-state index >= 15 is 0 Å². The molecule has 5 N–H and O–H groups in total. The Balaban J connectivity index is 0.000000861. The minimum absolute atomic E-state index is 0.391. The van der Waals surface area contributed by atoms with E-state index < -0.39 is 56.0 Å². The summed E-state index contributed by atoms with van der Waals surface area (Å²) in [5.41, 5.74) is -8.68. The van der Waals surface area contributed by atoms with Crippen LogP contribution in [0.15, 0.2) is 60.7 Å². The molecule has 0 amide bonds. The molecule has 0 heterocycles. The summed E-state index contributed by atoms with van der Waals surface area (Å²) < 4.78 is 25.9. The van der Waals surface area contributed by atoms with E-state index in [1.165, 1.54) is 36.4 Å². The van der Waals surface area contributed by atoms with Crippen molar-refractivity contribution in [1.29, 1.82) is 0 Å². The fourth-order valence-corrected chi connectivity index (χ4v) is 2.43. The maximum absolute atomic E-state index is 12.6. The molecule has 2 unspecified atom stereocenters. The molecule has 0 saturated carbocycles. The molecule has 2 atom stereocenters. The van der Waals surface area contributed by atoms with E-state index in [1.807, 2.05) is 0 Å². The quantitative estimate of drug-likeness (QED) is 0.212. The monoisotopic (exact) mass is 454 g/mol. The van der Waals surface area contributed by atoms with Gasteiger partial charge in [0.1, 0.15) is 0 Å². The van der Waals surface area contributed by atoms with E-state index in [0.717, 1.165) is 24.3 Å². The highest BCUT2D eigenvalue weighted by Crippen LogP contribution is 2.31. The Morgan fingerprint density at radius 3 is 1.10 bits per heavy atom. The number of Topliss-reactive ketones (excluding diaryl/α,β-unsaturated/α-hetero) is 2. The number of ketones is 2. The molecule has 0 radical (unpaired) electrons. The summed E-state index contributed by atoms with van der Waals surface area (Å²) in [5.74, 6) is -8.03. The maximum Gasteiger partial charge on any atom is 0.348 e. The summed E-state index contributed by atoms with van der Waals surface area (Å²) in [6.45, 7) is 0. The van der Waals surface area contributed by atoms with Crippen molar-refractivity contribution in [2.45, 2.75) is 11.2 Å². The number of hydrogen-bond donors (Lipinski definition) is 5. The van der Waals surface area contributed by atoms with E-state index in [2.05, 4.69) is 0 Å². The molecule has 31 heavy (non-hydrogen) atoms. The minimum Gasteiger partial charge on any atom is -0.479 e. The largest absolute Gasteiger partial charge is 0.479 e. The van der Waals surface area contributed by atoms with Gasteiger partial charge in [-0.3, -0.25) is 14.1 Å². The van der Waals surface area contributed by atoms with Crippen LogP contribution in [0.1, 0.15) is 20.7 Å². The van der Waals surface area contributed by atoms with Crippen LogP contribution in [-0.2, 0) is 19.7 Å². The van der Waals surface area contributed by atoms with E-state index in [4.69, 9.17) is 4.55 Å². The Bertz CT molecular complexity index is 999. The number of benzene rings is 2. The van der Waals surface area contributed by atoms with Crippen molar-refractivity contribution in [2.75, 3.05) is 6.26 Å². The zero-order chi connectivity index (χ0) is 24.0. The third-order valence-corrected chi connectivity index (χ3v) is 3.87. The Kier molecular flexibility index (Phi) is 7.90. The van der Waals surface area contributed by atoms with Crippen LogP contribution in [0.5, 0.6) is 0 Å². The van der Waals surface area contributed by atoms with Gasteiger partial charge in [0.25, 0.3) is 21.3 Å². The summed E-state index contributed by atoms with van der Waals surface area (Å²) in [6.07, 6.45) is 0.715. The predicted octanol–water partition coefficient (Wildman–Crippen LogP) is -0.112. The summed E-state index contributed by atoms with van der Waals surface area (Å²) in [7, 11) is -3.67. The van der Waals surface area contributed by atoms with Crippen LogP contribution in [0.2, 0.25) is 0 Å². The normalized spacial score (nSPS) is 14.7. The van der Waals surface area contributed by atoms with E-state index in [0.29, 0.717) is 6.26 Å². The van der Waals surface area contributed by atoms with E-state index in [9.17, 15) is 48.0 Å². The van der Waals surface area contributed by atoms with Gasteiger partial charge in [-0.1, -0.05) is 60.7 Å². The number of hydrogen-bond acceptors (Lipinski definition) is 8. The number of aliphatic carboxylic acids is 2. The van der Waals surface area contributed by atoms with Gasteiger partial charge in [-0.15, -0.1) is 0 Å². The van der Waals surface area contributed by atoms with Crippen LogP contribution < -0.4 is 0 Å². The minimum atomic E-state index is -3.95. The van der Waals surface area contributed by atoms with Crippen molar-refractivity contribution in [3.63, 3.8) is 0 Å². The first-order chi connectivity index (χ1) is 14.2. The van der Waals surface area contributed by atoms with Crippen molar-refractivity contribution in [2.24, 2.45) is 0 Å². The van der Waals surface area contributed by atoms with Crippen LogP contribution in [0, 0.1) is 0 Å². The number of carbonyl (C=O) groups excluding carboxylic acids is 2. The standard InChI is InChI=1S/C18H14O8.CH4O3S/c19-13(11-7-3-1-4-8-11)17(25,15(21)22)18(26,16(23)24)14(20)12-9-5-2-6-10-12;1-5(2,3)4/h1-10,25-26H,(H,21,22)(H,23,24);1H3,(H,2,3,4). The number of rotatable bonds is 7. The molecule has 2 aromatic rings. The van der Waals surface area contributed by atoms with Gasteiger partial charge in [0.2, 0.25) is 11.6 Å². The summed E-state index contributed by atoms with van der Waals surface area (Å²) >= 11 is 0. The molecule has 11 nitrogen and oxygen atoms in total. The molecular weight excluding hydrogens is 436 g/mol. The SMILES string of the molecule is CS(=O)(=O)O.O=C(O)C(O)(C(=O)c1ccccc1)C(O)(C(=O)O)C(=O)c1ccccc1. The fraction of sp³-hybridized carbons (Fsp3) is 0.158. The highest BCUT2D eigenvalue weighted by molar-refractivity contribution is 7.85. The third-order valence-electron chi connectivity index (χ3n) is 3.87. The smallest absolute Gasteiger partial charge is 0.348 e. The van der Waals surface area contributed by atoms with Gasteiger partial charge in [-0.05, 0) is 0 Å². The van der Waals surface area contributed by atoms with Gasteiger partial charge in [-0.2, -0.15) is 8.42 Å². The first kappa shape index (κ1) is 25.6. The Hall–Kier alpha value is -3.45. The van der Waals surface area contributed by atoms with Gasteiger partial charge < -0.3 is 20.4 Å². The summed E-state index contributed by atoms with van der Waals surface area (Å²) in [5, 5.41) is 39.9. The average molecular weight is 454 g/mol. The Morgan fingerprint density at radius 2 is 0.903 bits per heavy atom. The molecule has 12 heteroatoms. The molecule has 0 aliphatic heterocycles. The second kappa shape index (κ2) is 9.57. The second-order valence-electron chi connectivity index (χ2n) is 6.15. The molecule has 2 aromatic carbocycles. The molecular formula is C19H18O11S. The second-order valence-corrected chi connectivity index (χ2v) is 7.62. The summed E-state index contributed by atoms with van der Waals surface area (Å²) in [4.78, 5) is 48.5. The zero-order valence-electron chi connectivity index (χ0n) is 15.9. The van der Waals surface area contributed by atoms with Gasteiger partial charge in [0.05, 0.1) is 6.26 Å². The van der Waals surface area contributed by atoms with Gasteiger partial charge in [-0.25, -0.2) is 9.59 Å².